The maximum Gasteiger partial charge on any atom is 0.347 e. The molecular weight excluding hydrogens is 454 g/mol. The van der Waals surface area contributed by atoms with Crippen LogP contribution in [-0.4, -0.2) is 39.2 Å². The molecule has 0 spiro atoms. The summed E-state index contributed by atoms with van der Waals surface area (Å²) in [7, 11) is 1.61. The second kappa shape index (κ2) is 10.1. The van der Waals surface area contributed by atoms with E-state index in [2.05, 4.69) is 15.0 Å². The van der Waals surface area contributed by atoms with E-state index >= 15 is 0 Å². The quantitative estimate of drug-likeness (QED) is 0.225. The summed E-state index contributed by atoms with van der Waals surface area (Å²) < 4.78 is 29.5. The average Bonchev–Trinajstić information content (AvgIpc) is 3.25. The molecule has 2 aromatic heterocycles. The molecule has 1 N–H and O–H groups in total. The van der Waals surface area contributed by atoms with E-state index in [9.17, 15) is 9.35 Å². The average molecular weight is 480 g/mol. The van der Waals surface area contributed by atoms with Crippen molar-refractivity contribution in [3.05, 3.63) is 71.0 Å². The molecule has 2 aromatic carbocycles. The Labute approximate surface area is 200 Å². The molecule has 34 heavy (non-hydrogen) atoms. The number of benzene rings is 2. The molecule has 0 aliphatic heterocycles. The molecule has 4 rings (SSSR count). The second-order valence-corrected chi connectivity index (χ2v) is 8.94. The van der Waals surface area contributed by atoms with Gasteiger partial charge in [0.1, 0.15) is 22.8 Å². The Morgan fingerprint density at radius 2 is 1.97 bits per heavy atom. The molecule has 4 aromatic rings. The van der Waals surface area contributed by atoms with Gasteiger partial charge in [-0.3, -0.25) is 9.97 Å². The van der Waals surface area contributed by atoms with Crippen molar-refractivity contribution in [2.24, 2.45) is 0 Å². The summed E-state index contributed by atoms with van der Waals surface area (Å²) in [5, 5.41) is 0.320. The molecule has 9 heteroatoms. The Hall–Kier alpha value is -3.56. The number of hydrogen-bond acceptors (Lipinski definition) is 7. The first-order chi connectivity index (χ1) is 16.4. The monoisotopic (exact) mass is 479 g/mol. The predicted molar refractivity (Wildman–Crippen MR) is 129 cm³/mol. The minimum absolute atomic E-state index is 0.193. The molecule has 0 saturated carbocycles. The number of methoxy groups -OCH3 is 1. The number of aromatic nitrogens is 3. The number of pyridine rings is 1. The van der Waals surface area contributed by atoms with Gasteiger partial charge in [-0.2, -0.15) is 4.98 Å². The smallest absolute Gasteiger partial charge is 0.347 e. The summed E-state index contributed by atoms with van der Waals surface area (Å²) in [6, 6.07) is 11.9. The Balaban J connectivity index is 1.53. The molecule has 0 fully saturated rings. The van der Waals surface area contributed by atoms with Crippen molar-refractivity contribution < 1.29 is 23.6 Å². The van der Waals surface area contributed by atoms with Crippen LogP contribution in [0.4, 0.5) is 0 Å². The van der Waals surface area contributed by atoms with Gasteiger partial charge in [0.2, 0.25) is 0 Å². The van der Waals surface area contributed by atoms with Gasteiger partial charge in [0, 0.05) is 34.6 Å². The lowest BCUT2D eigenvalue weighted by Crippen LogP contribution is -2.10. The van der Waals surface area contributed by atoms with Crippen molar-refractivity contribution in [3.8, 4) is 17.2 Å². The largest absolute Gasteiger partial charge is 0.609 e. The number of esters is 1. The van der Waals surface area contributed by atoms with Gasteiger partial charge in [-0.05, 0) is 45.0 Å². The zero-order valence-corrected chi connectivity index (χ0v) is 20.2. The van der Waals surface area contributed by atoms with E-state index in [0.29, 0.717) is 45.6 Å². The van der Waals surface area contributed by atoms with E-state index in [1.165, 1.54) is 0 Å². The van der Waals surface area contributed by atoms with E-state index in [0.717, 1.165) is 16.9 Å². The van der Waals surface area contributed by atoms with Crippen LogP contribution in [0.25, 0.3) is 11.0 Å². The third-order valence-corrected chi connectivity index (χ3v) is 6.44. The number of aromatic amines is 1. The van der Waals surface area contributed by atoms with Gasteiger partial charge in [-0.15, -0.1) is 0 Å². The lowest BCUT2D eigenvalue weighted by atomic mass is 10.1. The fraction of sp³-hybridized carbons (Fsp3) is 0.240. The molecular formula is C25H25N3O5S. The van der Waals surface area contributed by atoms with Crippen LogP contribution in [0.15, 0.2) is 53.8 Å². The Kier molecular flexibility index (Phi) is 7.04. The third kappa shape index (κ3) is 4.85. The standard InChI is InChI=1S/C25H25N3O5S/c1-5-32-22-9-7-6-8-18(22)24(29)33-17-10-11-19-20(12-17)28-25(27-19)34(30)14-21-16(3)23(31-4)15(2)13-26-21/h6-13H,5,14H2,1-4H3,(H,27,28). The number of hydrogen-bond donors (Lipinski definition) is 1. The number of ether oxygens (including phenoxy) is 3. The molecule has 0 amide bonds. The zero-order chi connectivity index (χ0) is 24.2. The number of H-pyrrole nitrogens is 1. The Morgan fingerprint density at radius 3 is 2.74 bits per heavy atom. The summed E-state index contributed by atoms with van der Waals surface area (Å²) >= 11 is -1.46. The first kappa shape index (κ1) is 23.6. The molecule has 0 aliphatic carbocycles. The lowest BCUT2D eigenvalue weighted by Gasteiger charge is -2.13. The molecule has 176 valence electrons. The minimum atomic E-state index is -1.46. The summed E-state index contributed by atoms with van der Waals surface area (Å²) in [5.41, 5.74) is 4.02. The summed E-state index contributed by atoms with van der Waals surface area (Å²) in [6.45, 7) is 6.10. The fourth-order valence-electron chi connectivity index (χ4n) is 3.62. The molecule has 0 saturated heterocycles. The number of rotatable bonds is 8. The van der Waals surface area contributed by atoms with Crippen molar-refractivity contribution >= 4 is 28.2 Å². The maximum atomic E-state index is 13.0. The number of nitrogens with one attached hydrogen (secondary N) is 1. The molecule has 2 heterocycles. The maximum absolute atomic E-state index is 13.0. The van der Waals surface area contributed by atoms with Gasteiger partial charge in [0.25, 0.3) is 0 Å². The van der Waals surface area contributed by atoms with Crippen LogP contribution in [-0.2, 0) is 16.9 Å². The highest BCUT2D eigenvalue weighted by Crippen LogP contribution is 2.28. The van der Waals surface area contributed by atoms with E-state index in [4.69, 9.17) is 14.2 Å². The second-order valence-electron chi connectivity index (χ2n) is 7.58. The van der Waals surface area contributed by atoms with Crippen LogP contribution in [0.5, 0.6) is 17.2 Å². The number of fused-ring (bicyclic) bond motifs is 1. The van der Waals surface area contributed by atoms with Crippen molar-refractivity contribution in [2.45, 2.75) is 31.7 Å². The SMILES string of the molecule is CCOc1ccccc1C(=O)Oc1ccc2[nH]c([S+]([O-])Cc3ncc(C)c(OC)c3C)nc2c1. The molecule has 8 nitrogen and oxygen atoms in total. The van der Waals surface area contributed by atoms with Gasteiger partial charge in [0.05, 0.1) is 30.4 Å². The first-order valence-electron chi connectivity index (χ1n) is 10.7. The predicted octanol–water partition coefficient (Wildman–Crippen LogP) is 4.51. The Bertz CT molecular complexity index is 1340. The van der Waals surface area contributed by atoms with Gasteiger partial charge < -0.3 is 18.8 Å². The van der Waals surface area contributed by atoms with Crippen molar-refractivity contribution in [1.29, 1.82) is 0 Å². The topological polar surface area (TPSA) is 109 Å². The minimum Gasteiger partial charge on any atom is -0.609 e. The molecule has 1 unspecified atom stereocenters. The van der Waals surface area contributed by atoms with Crippen LogP contribution in [0.3, 0.4) is 0 Å². The normalized spacial score (nSPS) is 11.9. The van der Waals surface area contributed by atoms with E-state index in [1.807, 2.05) is 20.8 Å². The molecule has 0 aliphatic rings. The van der Waals surface area contributed by atoms with Crippen LogP contribution in [0.2, 0.25) is 0 Å². The first-order valence-corrected chi connectivity index (χ1v) is 12.0. The van der Waals surface area contributed by atoms with Crippen molar-refractivity contribution in [2.75, 3.05) is 13.7 Å². The molecule has 0 bridgehead atoms. The number of aryl methyl sites for hydroxylation is 1. The molecule has 0 radical (unpaired) electrons. The number of carbonyl (C=O) groups excluding carboxylic acids is 1. The van der Waals surface area contributed by atoms with Crippen LogP contribution in [0, 0.1) is 13.8 Å². The summed E-state index contributed by atoms with van der Waals surface area (Å²) in [4.78, 5) is 24.6. The lowest BCUT2D eigenvalue weighted by molar-refractivity contribution is 0.0730. The highest BCUT2D eigenvalue weighted by molar-refractivity contribution is 7.90. The summed E-state index contributed by atoms with van der Waals surface area (Å²) in [6.07, 6.45) is 1.71. The number of para-hydroxylation sites is 1. The van der Waals surface area contributed by atoms with Gasteiger partial charge in [-0.1, -0.05) is 12.1 Å². The van der Waals surface area contributed by atoms with Gasteiger partial charge in [0.15, 0.2) is 5.75 Å². The van der Waals surface area contributed by atoms with E-state index in [1.54, 1.807) is 55.8 Å². The van der Waals surface area contributed by atoms with Crippen LogP contribution >= 0.6 is 0 Å². The van der Waals surface area contributed by atoms with Crippen molar-refractivity contribution in [3.63, 3.8) is 0 Å². The fourth-order valence-corrected chi connectivity index (χ4v) is 4.72. The van der Waals surface area contributed by atoms with E-state index < -0.39 is 17.1 Å². The van der Waals surface area contributed by atoms with Gasteiger partial charge >= 0.3 is 11.1 Å². The van der Waals surface area contributed by atoms with Crippen LogP contribution in [0.1, 0.15) is 34.1 Å². The highest BCUT2D eigenvalue weighted by atomic mass is 32.2. The van der Waals surface area contributed by atoms with E-state index in [-0.39, 0.29) is 5.75 Å². The number of carbonyl (C=O) groups is 1. The van der Waals surface area contributed by atoms with Crippen molar-refractivity contribution in [1.82, 2.24) is 15.0 Å². The zero-order valence-electron chi connectivity index (χ0n) is 19.4. The van der Waals surface area contributed by atoms with Gasteiger partial charge in [-0.25, -0.2) is 4.79 Å². The van der Waals surface area contributed by atoms with Crippen LogP contribution < -0.4 is 14.2 Å². The molecule has 1 atom stereocenters. The number of imidazole rings is 1. The summed E-state index contributed by atoms with van der Waals surface area (Å²) in [5.74, 6) is 1.19. The third-order valence-electron chi connectivity index (χ3n) is 5.28. The Morgan fingerprint density at radius 1 is 1.18 bits per heavy atom. The highest BCUT2D eigenvalue weighted by Gasteiger charge is 2.22. The number of nitrogens with zero attached hydrogens (tertiary/aromatic N) is 2.